The van der Waals surface area contributed by atoms with Crippen molar-refractivity contribution in [3.8, 4) is 5.75 Å². The van der Waals surface area contributed by atoms with E-state index < -0.39 is 0 Å². The number of hydrogen-bond donors (Lipinski definition) is 1. The van der Waals surface area contributed by atoms with Gasteiger partial charge in [-0.15, -0.1) is 0 Å². The van der Waals surface area contributed by atoms with Gasteiger partial charge in [-0.2, -0.15) is 5.10 Å². The Morgan fingerprint density at radius 3 is 2.78 bits per heavy atom. The molecule has 18 heavy (non-hydrogen) atoms. The molecule has 2 aromatic rings. The van der Waals surface area contributed by atoms with Gasteiger partial charge >= 0.3 is 0 Å². The average molecular weight is 311 g/mol. The summed E-state index contributed by atoms with van der Waals surface area (Å²) in [5, 5.41) is 13.0. The van der Waals surface area contributed by atoms with E-state index in [4.69, 9.17) is 9.84 Å². The van der Waals surface area contributed by atoms with Crippen molar-refractivity contribution >= 4 is 15.9 Å². The molecular formula is C13H15BrN2O2. The summed E-state index contributed by atoms with van der Waals surface area (Å²) < 4.78 is 8.28. The number of hydrogen-bond acceptors (Lipinski definition) is 3. The fourth-order valence-electron chi connectivity index (χ4n) is 1.56. The predicted molar refractivity (Wildman–Crippen MR) is 72.4 cm³/mol. The van der Waals surface area contributed by atoms with Crippen LogP contribution in [0.4, 0.5) is 0 Å². The zero-order valence-corrected chi connectivity index (χ0v) is 11.5. The van der Waals surface area contributed by atoms with Gasteiger partial charge in [-0.25, -0.2) is 0 Å². The molecule has 0 bridgehead atoms. The minimum absolute atomic E-state index is 0.159. The molecule has 0 aliphatic rings. The zero-order chi connectivity index (χ0) is 12.8. The smallest absolute Gasteiger partial charge is 0.172 e. The second-order valence-corrected chi connectivity index (χ2v) is 4.63. The van der Waals surface area contributed by atoms with Crippen LogP contribution in [0, 0.1) is 0 Å². The lowest BCUT2D eigenvalue weighted by molar-refractivity contribution is 0.275. The Morgan fingerprint density at radius 1 is 1.28 bits per heavy atom. The highest BCUT2D eigenvalue weighted by atomic mass is 79.9. The maximum atomic E-state index is 8.79. The summed E-state index contributed by atoms with van der Waals surface area (Å²) in [6, 6.07) is 9.98. The number of ether oxygens (including phenoxy) is 1. The van der Waals surface area contributed by atoms with E-state index in [-0.39, 0.29) is 6.61 Å². The normalized spacial score (nSPS) is 10.6. The average Bonchev–Trinajstić information content (AvgIpc) is 2.76. The Morgan fingerprint density at radius 2 is 2.06 bits per heavy atom. The second-order valence-electron chi connectivity index (χ2n) is 3.87. The van der Waals surface area contributed by atoms with E-state index in [1.165, 1.54) is 0 Å². The van der Waals surface area contributed by atoms with Crippen LogP contribution in [0.15, 0.2) is 41.1 Å². The minimum atomic E-state index is 0.159. The second kappa shape index (κ2) is 6.56. The molecule has 1 aromatic carbocycles. The zero-order valence-electron chi connectivity index (χ0n) is 9.92. The summed E-state index contributed by atoms with van der Waals surface area (Å²) >= 11 is 3.45. The lowest BCUT2D eigenvalue weighted by atomic mass is 10.2. The van der Waals surface area contributed by atoms with Crippen LogP contribution in [0.5, 0.6) is 5.75 Å². The van der Waals surface area contributed by atoms with Gasteiger partial charge in [-0.3, -0.25) is 4.68 Å². The molecule has 0 spiro atoms. The molecule has 0 atom stereocenters. The van der Waals surface area contributed by atoms with Crippen molar-refractivity contribution in [3.63, 3.8) is 0 Å². The topological polar surface area (TPSA) is 47.3 Å². The van der Waals surface area contributed by atoms with Crippen molar-refractivity contribution in [2.45, 2.75) is 19.6 Å². The molecule has 4 nitrogen and oxygen atoms in total. The molecule has 1 N–H and O–H groups in total. The maximum absolute atomic E-state index is 8.79. The van der Waals surface area contributed by atoms with Gasteiger partial charge in [-0.1, -0.05) is 30.3 Å². The van der Waals surface area contributed by atoms with Gasteiger partial charge < -0.3 is 9.84 Å². The van der Waals surface area contributed by atoms with Crippen LogP contribution in [0.3, 0.4) is 0 Å². The van der Waals surface area contributed by atoms with Gasteiger partial charge in [-0.05, 0) is 27.9 Å². The first-order valence-electron chi connectivity index (χ1n) is 5.80. The van der Waals surface area contributed by atoms with Gasteiger partial charge in [0.05, 0.1) is 6.20 Å². The summed E-state index contributed by atoms with van der Waals surface area (Å²) in [4.78, 5) is 0. The summed E-state index contributed by atoms with van der Waals surface area (Å²) in [6.45, 7) is 1.35. The monoisotopic (exact) mass is 310 g/mol. The lowest BCUT2D eigenvalue weighted by Crippen LogP contribution is -2.02. The Labute approximate surface area is 114 Å². The Hall–Kier alpha value is -1.33. The van der Waals surface area contributed by atoms with Crippen molar-refractivity contribution in [2.24, 2.45) is 0 Å². The van der Waals surface area contributed by atoms with Crippen molar-refractivity contribution in [1.29, 1.82) is 0 Å². The van der Waals surface area contributed by atoms with E-state index in [2.05, 4.69) is 21.0 Å². The fraction of sp³-hybridized carbons (Fsp3) is 0.308. The van der Waals surface area contributed by atoms with E-state index in [0.29, 0.717) is 19.6 Å². The molecule has 0 fully saturated rings. The number of aromatic nitrogens is 2. The van der Waals surface area contributed by atoms with Crippen LogP contribution in [-0.4, -0.2) is 21.5 Å². The van der Waals surface area contributed by atoms with Gasteiger partial charge in [0.15, 0.2) is 5.75 Å². The van der Waals surface area contributed by atoms with Crippen LogP contribution in [0.2, 0.25) is 0 Å². The largest absolute Gasteiger partial charge is 0.484 e. The summed E-state index contributed by atoms with van der Waals surface area (Å²) in [7, 11) is 0. The third kappa shape index (κ3) is 3.34. The maximum Gasteiger partial charge on any atom is 0.172 e. The summed E-state index contributed by atoms with van der Waals surface area (Å²) in [5.74, 6) is 0.719. The van der Waals surface area contributed by atoms with Crippen LogP contribution in [-0.2, 0) is 13.2 Å². The number of aryl methyl sites for hydroxylation is 1. The molecule has 2 rings (SSSR count). The molecule has 5 heteroatoms. The number of benzene rings is 1. The first-order valence-corrected chi connectivity index (χ1v) is 6.59. The fourth-order valence-corrected chi connectivity index (χ4v) is 2.05. The van der Waals surface area contributed by atoms with Gasteiger partial charge in [0.25, 0.3) is 0 Å². The van der Waals surface area contributed by atoms with Crippen molar-refractivity contribution in [1.82, 2.24) is 9.78 Å². The molecule has 0 aliphatic carbocycles. The molecule has 0 amide bonds. The highest BCUT2D eigenvalue weighted by molar-refractivity contribution is 9.10. The SMILES string of the molecule is OCCCn1ncc(OCc2ccccc2)c1Br. The third-order valence-electron chi connectivity index (χ3n) is 2.51. The van der Waals surface area contributed by atoms with E-state index >= 15 is 0 Å². The van der Waals surface area contributed by atoms with Crippen LogP contribution >= 0.6 is 15.9 Å². The van der Waals surface area contributed by atoms with Gasteiger partial charge in [0.2, 0.25) is 0 Å². The summed E-state index contributed by atoms with van der Waals surface area (Å²) in [5.41, 5.74) is 1.12. The molecule has 0 saturated carbocycles. The van der Waals surface area contributed by atoms with Crippen molar-refractivity contribution in [2.75, 3.05) is 6.61 Å². The molecule has 1 heterocycles. The molecule has 0 radical (unpaired) electrons. The molecule has 0 saturated heterocycles. The van der Waals surface area contributed by atoms with E-state index in [1.807, 2.05) is 30.3 Å². The highest BCUT2D eigenvalue weighted by Gasteiger charge is 2.08. The Bertz CT molecular complexity index is 485. The number of nitrogens with zero attached hydrogens (tertiary/aromatic N) is 2. The Kier molecular flexibility index (Phi) is 4.78. The third-order valence-corrected chi connectivity index (χ3v) is 3.31. The number of aliphatic hydroxyl groups is 1. The number of aliphatic hydroxyl groups excluding tert-OH is 1. The molecular weight excluding hydrogens is 296 g/mol. The Balaban J connectivity index is 1.95. The van der Waals surface area contributed by atoms with E-state index in [1.54, 1.807) is 10.9 Å². The predicted octanol–water partition coefficient (Wildman–Crippen LogP) is 2.61. The first kappa shape index (κ1) is 13.1. The highest BCUT2D eigenvalue weighted by Crippen LogP contribution is 2.25. The standard InChI is InChI=1S/C13H15BrN2O2/c14-13-12(9-15-16(13)7-4-8-17)18-10-11-5-2-1-3-6-11/h1-3,5-6,9,17H,4,7-8,10H2. The lowest BCUT2D eigenvalue weighted by Gasteiger charge is -2.05. The summed E-state index contributed by atoms with van der Waals surface area (Å²) in [6.07, 6.45) is 2.36. The quantitative estimate of drug-likeness (QED) is 0.892. The van der Waals surface area contributed by atoms with Crippen molar-refractivity contribution < 1.29 is 9.84 Å². The van der Waals surface area contributed by atoms with Gasteiger partial charge in [0.1, 0.15) is 11.2 Å². The van der Waals surface area contributed by atoms with Crippen LogP contribution in [0.25, 0.3) is 0 Å². The molecule has 1 aromatic heterocycles. The number of rotatable bonds is 6. The molecule has 0 unspecified atom stereocenters. The molecule has 0 aliphatic heterocycles. The number of halogens is 1. The van der Waals surface area contributed by atoms with Crippen LogP contribution < -0.4 is 4.74 Å². The minimum Gasteiger partial charge on any atom is -0.484 e. The first-order chi connectivity index (χ1) is 8.81. The van der Waals surface area contributed by atoms with E-state index in [9.17, 15) is 0 Å². The van der Waals surface area contributed by atoms with Crippen molar-refractivity contribution in [3.05, 3.63) is 46.7 Å². The molecule has 96 valence electrons. The van der Waals surface area contributed by atoms with Crippen LogP contribution in [0.1, 0.15) is 12.0 Å². The van der Waals surface area contributed by atoms with Gasteiger partial charge in [0, 0.05) is 13.2 Å². The van der Waals surface area contributed by atoms with E-state index in [0.717, 1.165) is 15.9 Å².